The zero-order valence-corrected chi connectivity index (χ0v) is 14.4. The first-order valence-electron chi connectivity index (χ1n) is 7.98. The van der Waals surface area contributed by atoms with Crippen molar-refractivity contribution in [3.05, 3.63) is 35.9 Å². The zero-order chi connectivity index (χ0) is 16.9. The van der Waals surface area contributed by atoms with Crippen molar-refractivity contribution in [3.63, 3.8) is 0 Å². The van der Waals surface area contributed by atoms with E-state index < -0.39 is 10.0 Å². The molecule has 0 bridgehead atoms. The number of carbonyl (C=O) groups excluding carboxylic acids is 1. The molecule has 1 aliphatic rings. The second-order valence-corrected chi connectivity index (χ2v) is 7.76. The number of hydrogen-bond acceptors (Lipinski definition) is 3. The molecule has 6 heteroatoms. The number of carbonyl (C=O) groups is 1. The Morgan fingerprint density at radius 3 is 2.70 bits per heavy atom. The van der Waals surface area contributed by atoms with Gasteiger partial charge in [-0.15, -0.1) is 0 Å². The van der Waals surface area contributed by atoms with Crippen LogP contribution in [0.15, 0.2) is 30.4 Å². The summed E-state index contributed by atoms with van der Waals surface area (Å²) < 4.78 is 26.4. The largest absolute Gasteiger partial charge is 0.326 e. The monoisotopic (exact) mass is 336 g/mol. The van der Waals surface area contributed by atoms with Gasteiger partial charge in [-0.05, 0) is 49.8 Å². The maximum absolute atomic E-state index is 12.1. The van der Waals surface area contributed by atoms with E-state index in [1.54, 1.807) is 25.1 Å². The molecule has 1 aliphatic carbocycles. The van der Waals surface area contributed by atoms with Crippen molar-refractivity contribution < 1.29 is 13.2 Å². The molecular formula is C17H24N2O3S. The van der Waals surface area contributed by atoms with Crippen LogP contribution in [0.25, 0.3) is 0 Å². The van der Waals surface area contributed by atoms with Crippen LogP contribution in [0.5, 0.6) is 0 Å². The molecule has 0 aromatic heterocycles. The number of benzene rings is 1. The summed E-state index contributed by atoms with van der Waals surface area (Å²) in [6.07, 6.45) is 7.25. The quantitative estimate of drug-likeness (QED) is 0.749. The Balaban J connectivity index is 2.06. The molecule has 1 aromatic rings. The van der Waals surface area contributed by atoms with E-state index >= 15 is 0 Å². The Labute approximate surface area is 138 Å². The third kappa shape index (κ3) is 5.10. The Bertz CT molecular complexity index is 696. The highest BCUT2D eigenvalue weighted by molar-refractivity contribution is 7.92. The highest BCUT2D eigenvalue weighted by Gasteiger charge is 2.16. The number of amides is 1. The molecule has 1 aromatic carbocycles. The van der Waals surface area contributed by atoms with E-state index in [2.05, 4.69) is 22.2 Å². The lowest BCUT2D eigenvalue weighted by Crippen LogP contribution is -2.18. The number of anilines is 2. The molecule has 23 heavy (non-hydrogen) atoms. The van der Waals surface area contributed by atoms with E-state index in [4.69, 9.17) is 0 Å². The summed E-state index contributed by atoms with van der Waals surface area (Å²) in [6, 6.07) is 5.23. The standard InChI is InChI=1S/C17H24N2O3S/c1-3-11-23(21,22)19-16-10-6-9-15(13(16)2)18-17(20)12-14-7-4-5-8-14/h4,6-7,9-10,14,19H,3,5,8,11-12H2,1-2H3,(H,18,20)/t14-/m1/s1. The first kappa shape index (κ1) is 17.5. The highest BCUT2D eigenvalue weighted by Crippen LogP contribution is 2.26. The van der Waals surface area contributed by atoms with E-state index in [-0.39, 0.29) is 11.7 Å². The average Bonchev–Trinajstić information content (AvgIpc) is 2.95. The van der Waals surface area contributed by atoms with Gasteiger partial charge in [-0.3, -0.25) is 9.52 Å². The average molecular weight is 336 g/mol. The number of nitrogens with one attached hydrogen (secondary N) is 2. The summed E-state index contributed by atoms with van der Waals surface area (Å²) in [7, 11) is -3.34. The molecule has 0 fully saturated rings. The van der Waals surface area contributed by atoms with Crippen LogP contribution in [0, 0.1) is 12.8 Å². The van der Waals surface area contributed by atoms with Gasteiger partial charge in [0.1, 0.15) is 0 Å². The Morgan fingerprint density at radius 2 is 2.04 bits per heavy atom. The summed E-state index contributed by atoms with van der Waals surface area (Å²) in [5.41, 5.74) is 1.88. The smallest absolute Gasteiger partial charge is 0.232 e. The van der Waals surface area contributed by atoms with Crippen molar-refractivity contribution in [1.82, 2.24) is 0 Å². The molecule has 0 aliphatic heterocycles. The van der Waals surface area contributed by atoms with Gasteiger partial charge in [0, 0.05) is 12.1 Å². The highest BCUT2D eigenvalue weighted by atomic mass is 32.2. The van der Waals surface area contributed by atoms with Crippen LogP contribution in [0.1, 0.15) is 38.2 Å². The van der Waals surface area contributed by atoms with Crippen LogP contribution in [0.2, 0.25) is 0 Å². The lowest BCUT2D eigenvalue weighted by atomic mass is 10.0. The molecule has 0 spiro atoms. The fraction of sp³-hybridized carbons (Fsp3) is 0.471. The SMILES string of the molecule is CCCS(=O)(=O)Nc1cccc(NC(=O)C[C@@H]2C=CCC2)c1C. The molecule has 2 rings (SSSR count). The van der Waals surface area contributed by atoms with Crippen molar-refractivity contribution in [2.45, 2.75) is 39.5 Å². The molecular weight excluding hydrogens is 312 g/mol. The van der Waals surface area contributed by atoms with Gasteiger partial charge in [-0.25, -0.2) is 8.42 Å². The molecule has 0 heterocycles. The summed E-state index contributed by atoms with van der Waals surface area (Å²) in [6.45, 7) is 3.62. The van der Waals surface area contributed by atoms with Gasteiger partial charge >= 0.3 is 0 Å². The van der Waals surface area contributed by atoms with E-state index in [0.29, 0.717) is 30.1 Å². The maximum atomic E-state index is 12.1. The van der Waals surface area contributed by atoms with Crippen LogP contribution in [-0.2, 0) is 14.8 Å². The third-order valence-corrected chi connectivity index (χ3v) is 5.38. The van der Waals surface area contributed by atoms with Crippen molar-refractivity contribution in [2.75, 3.05) is 15.8 Å². The van der Waals surface area contributed by atoms with Gasteiger partial charge in [0.2, 0.25) is 15.9 Å². The predicted octanol–water partition coefficient (Wildman–Crippen LogP) is 3.44. The first-order valence-corrected chi connectivity index (χ1v) is 9.63. The topological polar surface area (TPSA) is 75.3 Å². The van der Waals surface area contributed by atoms with Gasteiger partial charge in [-0.1, -0.05) is 25.1 Å². The summed E-state index contributed by atoms with van der Waals surface area (Å²) >= 11 is 0. The van der Waals surface area contributed by atoms with Gasteiger partial charge in [0.05, 0.1) is 11.4 Å². The van der Waals surface area contributed by atoms with Gasteiger partial charge in [-0.2, -0.15) is 0 Å². The number of hydrogen-bond donors (Lipinski definition) is 2. The zero-order valence-electron chi connectivity index (χ0n) is 13.6. The van der Waals surface area contributed by atoms with Gasteiger partial charge in [0.25, 0.3) is 0 Å². The van der Waals surface area contributed by atoms with Crippen molar-refractivity contribution in [1.29, 1.82) is 0 Å². The van der Waals surface area contributed by atoms with Crippen molar-refractivity contribution in [3.8, 4) is 0 Å². The third-order valence-electron chi connectivity index (χ3n) is 3.91. The minimum absolute atomic E-state index is 0.0433. The molecule has 0 unspecified atom stereocenters. The van der Waals surface area contributed by atoms with Gasteiger partial charge < -0.3 is 5.32 Å². The minimum Gasteiger partial charge on any atom is -0.326 e. The first-order chi connectivity index (χ1) is 10.9. The molecule has 0 saturated carbocycles. The summed E-state index contributed by atoms with van der Waals surface area (Å²) in [4.78, 5) is 12.1. The van der Waals surface area contributed by atoms with Crippen molar-refractivity contribution >= 4 is 27.3 Å². The van der Waals surface area contributed by atoms with Crippen LogP contribution < -0.4 is 10.0 Å². The summed E-state index contributed by atoms with van der Waals surface area (Å²) in [5, 5.41) is 2.89. The maximum Gasteiger partial charge on any atom is 0.232 e. The Morgan fingerprint density at radius 1 is 1.30 bits per heavy atom. The molecule has 5 nitrogen and oxygen atoms in total. The molecule has 0 saturated heterocycles. The van der Waals surface area contributed by atoms with E-state index in [1.165, 1.54) is 0 Å². The molecule has 126 valence electrons. The number of rotatable bonds is 7. The lowest BCUT2D eigenvalue weighted by molar-refractivity contribution is -0.116. The van der Waals surface area contributed by atoms with Crippen LogP contribution >= 0.6 is 0 Å². The Kier molecular flexibility index (Phi) is 5.82. The van der Waals surface area contributed by atoms with Gasteiger partial charge in [0.15, 0.2) is 0 Å². The van der Waals surface area contributed by atoms with Crippen LogP contribution in [-0.4, -0.2) is 20.1 Å². The second-order valence-electron chi connectivity index (χ2n) is 5.92. The molecule has 0 radical (unpaired) electrons. The second kappa shape index (κ2) is 7.64. The Hall–Kier alpha value is -1.82. The van der Waals surface area contributed by atoms with E-state index in [1.807, 2.05) is 6.92 Å². The number of sulfonamides is 1. The van der Waals surface area contributed by atoms with Crippen LogP contribution in [0.4, 0.5) is 11.4 Å². The van der Waals surface area contributed by atoms with E-state index in [0.717, 1.165) is 18.4 Å². The molecule has 1 atom stereocenters. The van der Waals surface area contributed by atoms with Crippen molar-refractivity contribution in [2.24, 2.45) is 5.92 Å². The minimum atomic E-state index is -3.34. The van der Waals surface area contributed by atoms with Crippen LogP contribution in [0.3, 0.4) is 0 Å². The van der Waals surface area contributed by atoms with E-state index in [9.17, 15) is 13.2 Å². The predicted molar refractivity (Wildman–Crippen MR) is 94.0 cm³/mol. The lowest BCUT2D eigenvalue weighted by Gasteiger charge is -2.15. The molecule has 2 N–H and O–H groups in total. The number of allylic oxidation sites excluding steroid dienone is 2. The fourth-order valence-electron chi connectivity index (χ4n) is 2.67. The summed E-state index contributed by atoms with van der Waals surface area (Å²) in [5.74, 6) is 0.344. The molecule has 1 amide bonds. The fourth-order valence-corrected chi connectivity index (χ4v) is 3.87. The normalized spacial score (nSPS) is 17.2.